The van der Waals surface area contributed by atoms with E-state index in [-0.39, 0.29) is 25.7 Å². The van der Waals surface area contributed by atoms with Crippen molar-refractivity contribution in [1.82, 2.24) is 0 Å². The minimum absolute atomic E-state index is 0.105. The summed E-state index contributed by atoms with van der Waals surface area (Å²) >= 11 is 0. The summed E-state index contributed by atoms with van der Waals surface area (Å²) in [4.78, 5) is 72.0. The molecule has 0 radical (unpaired) electrons. The fourth-order valence-electron chi connectivity index (χ4n) is 9.63. The lowest BCUT2D eigenvalue weighted by molar-refractivity contribution is -0.161. The summed E-state index contributed by atoms with van der Waals surface area (Å²) < 4.78 is 67.8. The number of unbranched alkanes of at least 4 members (excludes halogenated alkanes) is 39. The van der Waals surface area contributed by atoms with Gasteiger partial charge in [0.25, 0.3) is 0 Å². The van der Waals surface area contributed by atoms with Crippen LogP contribution in [0.2, 0.25) is 0 Å². The van der Waals surface area contributed by atoms with Gasteiger partial charge in [0.05, 0.1) is 26.4 Å². The first-order valence-electron chi connectivity index (χ1n) is 33.8. The van der Waals surface area contributed by atoms with Crippen molar-refractivity contribution < 1.29 is 80.2 Å². The van der Waals surface area contributed by atoms with Gasteiger partial charge in [-0.25, -0.2) is 9.13 Å². The van der Waals surface area contributed by atoms with Gasteiger partial charge in [-0.1, -0.05) is 278 Å². The maximum absolute atomic E-state index is 13.0. The fraction of sp³-hybridized carbons (Fsp3) is 0.938. The van der Waals surface area contributed by atoms with Crippen LogP contribution in [0.3, 0.4) is 0 Å². The SMILES string of the molecule is CCCCCCCCCCCCCCCCCCCC(=O)O[C@H](COC(=O)CCCCCCCCCCCCC)COP(=O)(O)OC[C@@H](O)COP(=O)(O)OC[C@@H](COC(=O)CCCCCCCCC)OC(=O)CCCCCCCCCC. The van der Waals surface area contributed by atoms with Gasteiger partial charge in [-0.2, -0.15) is 0 Å². The second kappa shape index (κ2) is 59.0. The Bertz CT molecular complexity index is 1600. The third-order valence-corrected chi connectivity index (χ3v) is 16.8. The Morgan fingerprint density at radius 1 is 0.289 bits per heavy atom. The van der Waals surface area contributed by atoms with Crippen LogP contribution in [0, 0.1) is 0 Å². The van der Waals surface area contributed by atoms with Crippen LogP contribution in [0.1, 0.15) is 329 Å². The van der Waals surface area contributed by atoms with Gasteiger partial charge in [0.2, 0.25) is 0 Å². The average Bonchev–Trinajstić information content (AvgIpc) is 3.47. The molecule has 83 heavy (non-hydrogen) atoms. The zero-order chi connectivity index (χ0) is 61.2. The number of phosphoric ester groups is 2. The van der Waals surface area contributed by atoms with Gasteiger partial charge in [-0.3, -0.25) is 37.3 Å². The van der Waals surface area contributed by atoms with Crippen molar-refractivity contribution in [2.45, 2.75) is 348 Å². The number of ether oxygens (including phenoxy) is 4. The number of rotatable bonds is 65. The molecule has 0 aliphatic heterocycles. The van der Waals surface area contributed by atoms with E-state index in [1.54, 1.807) is 0 Å². The van der Waals surface area contributed by atoms with Gasteiger partial charge in [0.15, 0.2) is 12.2 Å². The Kier molecular flexibility index (Phi) is 57.7. The van der Waals surface area contributed by atoms with E-state index in [1.807, 2.05) is 0 Å². The van der Waals surface area contributed by atoms with E-state index in [0.717, 1.165) is 109 Å². The van der Waals surface area contributed by atoms with Crippen LogP contribution in [0.25, 0.3) is 0 Å². The predicted molar refractivity (Wildman–Crippen MR) is 331 cm³/mol. The predicted octanol–water partition coefficient (Wildman–Crippen LogP) is 17.9. The summed E-state index contributed by atoms with van der Waals surface area (Å²) in [5, 5.41) is 10.5. The molecular formula is C64H124O17P2. The van der Waals surface area contributed by atoms with Gasteiger partial charge >= 0.3 is 39.5 Å². The van der Waals surface area contributed by atoms with Gasteiger partial charge < -0.3 is 33.8 Å². The number of phosphoric acid groups is 2. The number of carbonyl (C=O) groups excluding carboxylic acids is 4. The molecule has 492 valence electrons. The molecule has 0 saturated carbocycles. The van der Waals surface area contributed by atoms with E-state index in [4.69, 9.17) is 37.0 Å². The first-order valence-corrected chi connectivity index (χ1v) is 36.8. The van der Waals surface area contributed by atoms with Crippen molar-refractivity contribution >= 4 is 39.5 Å². The third kappa shape index (κ3) is 58.8. The summed E-state index contributed by atoms with van der Waals surface area (Å²) in [6.45, 7) is 4.83. The van der Waals surface area contributed by atoms with Crippen LogP contribution in [0.15, 0.2) is 0 Å². The molecule has 0 saturated heterocycles. The summed E-state index contributed by atoms with van der Waals surface area (Å²) in [5.74, 6) is -2.14. The quantitative estimate of drug-likeness (QED) is 0.0222. The smallest absolute Gasteiger partial charge is 0.462 e. The molecule has 0 amide bonds. The van der Waals surface area contributed by atoms with Crippen LogP contribution in [0.4, 0.5) is 0 Å². The second-order valence-electron chi connectivity index (χ2n) is 23.2. The Morgan fingerprint density at radius 3 is 0.711 bits per heavy atom. The highest BCUT2D eigenvalue weighted by molar-refractivity contribution is 7.47. The third-order valence-electron chi connectivity index (χ3n) is 14.9. The number of aliphatic hydroxyl groups excluding tert-OH is 1. The normalized spacial score (nSPS) is 14.2. The van der Waals surface area contributed by atoms with E-state index in [0.29, 0.717) is 25.7 Å². The highest BCUT2D eigenvalue weighted by Gasteiger charge is 2.30. The average molecular weight is 1230 g/mol. The van der Waals surface area contributed by atoms with Gasteiger partial charge in [0, 0.05) is 25.7 Å². The Balaban J connectivity index is 5.16. The van der Waals surface area contributed by atoms with Crippen molar-refractivity contribution in [2.75, 3.05) is 39.6 Å². The molecule has 0 aromatic carbocycles. The van der Waals surface area contributed by atoms with Crippen LogP contribution < -0.4 is 0 Å². The number of carbonyl (C=O) groups is 4. The van der Waals surface area contributed by atoms with Crippen LogP contribution in [-0.4, -0.2) is 96.7 Å². The monoisotopic (exact) mass is 1230 g/mol. The van der Waals surface area contributed by atoms with E-state index in [2.05, 4.69) is 27.7 Å². The van der Waals surface area contributed by atoms with E-state index in [1.165, 1.54) is 141 Å². The first kappa shape index (κ1) is 81.1. The zero-order valence-electron chi connectivity index (χ0n) is 53.2. The Morgan fingerprint density at radius 2 is 0.482 bits per heavy atom. The number of hydrogen-bond donors (Lipinski definition) is 3. The highest BCUT2D eigenvalue weighted by atomic mass is 31.2. The zero-order valence-corrected chi connectivity index (χ0v) is 54.9. The van der Waals surface area contributed by atoms with Crippen molar-refractivity contribution in [1.29, 1.82) is 0 Å². The largest absolute Gasteiger partial charge is 0.472 e. The Hall–Kier alpha value is -1.94. The maximum Gasteiger partial charge on any atom is 0.472 e. The lowest BCUT2D eigenvalue weighted by Crippen LogP contribution is -2.30. The molecule has 2 unspecified atom stereocenters. The van der Waals surface area contributed by atoms with Crippen LogP contribution in [-0.2, 0) is 65.4 Å². The van der Waals surface area contributed by atoms with Crippen LogP contribution in [0.5, 0.6) is 0 Å². The van der Waals surface area contributed by atoms with Crippen LogP contribution >= 0.6 is 15.6 Å². The van der Waals surface area contributed by atoms with Gasteiger partial charge in [0.1, 0.15) is 19.3 Å². The molecule has 0 heterocycles. The van der Waals surface area contributed by atoms with Crippen molar-refractivity contribution in [3.8, 4) is 0 Å². The molecule has 19 heteroatoms. The molecule has 0 fully saturated rings. The van der Waals surface area contributed by atoms with Gasteiger partial charge in [-0.15, -0.1) is 0 Å². The second-order valence-corrected chi connectivity index (χ2v) is 26.1. The standard InChI is InChI=1S/C64H124O17P2/c1-5-9-13-17-21-24-26-27-28-29-30-31-33-35-39-43-47-51-64(69)81-60(55-75-62(67)49-45-41-38-34-32-25-22-18-14-10-6-2)57-79-83(72,73)77-53-58(65)52-76-82(70,71)78-56-59(54-74-61(66)48-44-40-36-20-16-12-8-4)80-63(68)50-46-42-37-23-19-15-11-7-3/h58-60,65H,5-57H2,1-4H3,(H,70,71)(H,72,73)/t58-,59+,60+/m0/s1. The van der Waals surface area contributed by atoms with Gasteiger partial charge in [-0.05, 0) is 25.7 Å². The van der Waals surface area contributed by atoms with E-state index < -0.39 is 97.5 Å². The van der Waals surface area contributed by atoms with Crippen molar-refractivity contribution in [3.63, 3.8) is 0 Å². The molecule has 0 aromatic heterocycles. The lowest BCUT2D eigenvalue weighted by atomic mass is 10.0. The van der Waals surface area contributed by atoms with Crippen molar-refractivity contribution in [2.24, 2.45) is 0 Å². The number of aliphatic hydroxyl groups is 1. The molecular weight excluding hydrogens is 1100 g/mol. The fourth-order valence-corrected chi connectivity index (χ4v) is 11.2. The maximum atomic E-state index is 13.0. The molecule has 0 aliphatic rings. The van der Waals surface area contributed by atoms with Crippen molar-refractivity contribution in [3.05, 3.63) is 0 Å². The molecule has 0 aliphatic carbocycles. The molecule has 5 atom stereocenters. The Labute approximate surface area is 505 Å². The molecule has 0 aromatic rings. The minimum Gasteiger partial charge on any atom is -0.462 e. The number of esters is 4. The van der Waals surface area contributed by atoms with E-state index in [9.17, 15) is 43.2 Å². The minimum atomic E-state index is -4.94. The topological polar surface area (TPSA) is 237 Å². The number of hydrogen-bond acceptors (Lipinski definition) is 15. The molecule has 3 N–H and O–H groups in total. The molecule has 0 rings (SSSR count). The summed E-state index contributed by atoms with van der Waals surface area (Å²) in [6, 6.07) is 0. The summed E-state index contributed by atoms with van der Waals surface area (Å²) in [6.07, 6.45) is 44.6. The van der Waals surface area contributed by atoms with E-state index >= 15 is 0 Å². The molecule has 17 nitrogen and oxygen atoms in total. The highest BCUT2D eigenvalue weighted by Crippen LogP contribution is 2.45. The first-order chi connectivity index (χ1) is 40.2. The summed E-state index contributed by atoms with van der Waals surface area (Å²) in [7, 11) is -9.88. The summed E-state index contributed by atoms with van der Waals surface area (Å²) in [5.41, 5.74) is 0. The molecule has 0 spiro atoms. The molecule has 0 bridgehead atoms. The lowest BCUT2D eigenvalue weighted by Gasteiger charge is -2.21.